The number of carbonyl (C=O) groups excluding carboxylic acids is 1. The highest BCUT2D eigenvalue weighted by molar-refractivity contribution is 5.93. The monoisotopic (exact) mass is 458 g/mol. The molecule has 0 aliphatic rings. The second kappa shape index (κ2) is 10.3. The summed E-state index contributed by atoms with van der Waals surface area (Å²) in [6.45, 7) is 0.458. The van der Waals surface area contributed by atoms with Crippen molar-refractivity contribution < 1.29 is 19.1 Å². The van der Waals surface area contributed by atoms with Crippen molar-refractivity contribution in [2.75, 3.05) is 5.73 Å². The molecule has 3 aromatic heterocycles. The topological polar surface area (TPSA) is 147 Å². The number of anilines is 1. The largest absolute Gasteiger partial charge is 0.465 e. The van der Waals surface area contributed by atoms with Gasteiger partial charge >= 0.3 is 6.09 Å². The molecule has 4 rings (SSSR count). The standard InChI is InChI=1S/C24H22N6O4/c25-23-28-19(21-9-5-11-34-21)12-20(29-23)22(31)27-13-16-6-1-2-7-17(16)14-30(24(32)33)15-18-8-3-4-10-26-18/h1-12H,13-15H2,(H,27,31)(H,32,33)(H2,25,28,29). The Morgan fingerprint density at radius 3 is 2.50 bits per heavy atom. The number of aromatic nitrogens is 3. The lowest BCUT2D eigenvalue weighted by Crippen LogP contribution is -2.30. The zero-order valence-electron chi connectivity index (χ0n) is 18.1. The van der Waals surface area contributed by atoms with Gasteiger partial charge in [-0.25, -0.2) is 14.8 Å². The molecule has 0 spiro atoms. The van der Waals surface area contributed by atoms with Gasteiger partial charge in [0, 0.05) is 19.3 Å². The highest BCUT2D eigenvalue weighted by atomic mass is 16.4. The number of pyridine rings is 1. The zero-order valence-corrected chi connectivity index (χ0v) is 18.1. The van der Waals surface area contributed by atoms with Crippen molar-refractivity contribution in [2.24, 2.45) is 0 Å². The summed E-state index contributed by atoms with van der Waals surface area (Å²) < 4.78 is 5.32. The molecule has 4 N–H and O–H groups in total. The van der Waals surface area contributed by atoms with Gasteiger partial charge in [-0.15, -0.1) is 0 Å². The van der Waals surface area contributed by atoms with Crippen molar-refractivity contribution in [3.8, 4) is 11.5 Å². The first-order chi connectivity index (χ1) is 16.5. The zero-order chi connectivity index (χ0) is 23.9. The highest BCUT2D eigenvalue weighted by Crippen LogP contribution is 2.19. The summed E-state index contributed by atoms with van der Waals surface area (Å²) in [6, 6.07) is 17.6. The fourth-order valence-electron chi connectivity index (χ4n) is 3.37. The lowest BCUT2D eigenvalue weighted by molar-refractivity contribution is 0.0945. The fraction of sp³-hybridized carbons (Fsp3) is 0.125. The number of hydrogen-bond acceptors (Lipinski definition) is 7. The van der Waals surface area contributed by atoms with E-state index < -0.39 is 12.0 Å². The fourth-order valence-corrected chi connectivity index (χ4v) is 3.37. The van der Waals surface area contributed by atoms with Crippen LogP contribution in [-0.2, 0) is 19.6 Å². The third-order valence-corrected chi connectivity index (χ3v) is 5.02. The van der Waals surface area contributed by atoms with E-state index in [-0.39, 0.29) is 31.3 Å². The summed E-state index contributed by atoms with van der Waals surface area (Å²) in [6.07, 6.45) is 2.06. The molecule has 1 aromatic carbocycles. The Bertz CT molecular complexity index is 1280. The number of nitrogens with one attached hydrogen (secondary N) is 1. The maximum atomic E-state index is 12.8. The van der Waals surface area contributed by atoms with E-state index in [1.165, 1.54) is 17.2 Å². The van der Waals surface area contributed by atoms with E-state index in [0.29, 0.717) is 17.1 Å². The number of amides is 2. The molecule has 10 nitrogen and oxygen atoms in total. The van der Waals surface area contributed by atoms with Crippen LogP contribution in [0.3, 0.4) is 0 Å². The van der Waals surface area contributed by atoms with Crippen LogP contribution in [0.5, 0.6) is 0 Å². The number of carbonyl (C=O) groups is 2. The van der Waals surface area contributed by atoms with Crippen molar-refractivity contribution >= 4 is 17.9 Å². The van der Waals surface area contributed by atoms with Gasteiger partial charge in [0.2, 0.25) is 5.95 Å². The summed E-state index contributed by atoms with van der Waals surface area (Å²) >= 11 is 0. The van der Waals surface area contributed by atoms with E-state index in [0.717, 1.165) is 11.1 Å². The van der Waals surface area contributed by atoms with Crippen LogP contribution >= 0.6 is 0 Å². The van der Waals surface area contributed by atoms with Crippen LogP contribution in [0.4, 0.5) is 10.7 Å². The van der Waals surface area contributed by atoms with E-state index >= 15 is 0 Å². The number of furan rings is 1. The molecule has 0 saturated carbocycles. The minimum atomic E-state index is -1.06. The minimum Gasteiger partial charge on any atom is -0.465 e. The minimum absolute atomic E-state index is 0.0499. The average molecular weight is 458 g/mol. The maximum absolute atomic E-state index is 12.8. The smallest absolute Gasteiger partial charge is 0.407 e. The lowest BCUT2D eigenvalue weighted by atomic mass is 10.1. The Morgan fingerprint density at radius 1 is 1.00 bits per heavy atom. The quantitative estimate of drug-likeness (QED) is 0.364. The van der Waals surface area contributed by atoms with Crippen LogP contribution in [0.2, 0.25) is 0 Å². The number of nitrogens with zero attached hydrogens (tertiary/aromatic N) is 4. The number of nitrogens with two attached hydrogens (primary N) is 1. The first kappa shape index (κ1) is 22.5. The van der Waals surface area contributed by atoms with Crippen LogP contribution < -0.4 is 11.1 Å². The highest BCUT2D eigenvalue weighted by Gasteiger charge is 2.17. The third-order valence-electron chi connectivity index (χ3n) is 5.02. The molecular formula is C24H22N6O4. The molecule has 0 unspecified atom stereocenters. The molecule has 0 aliphatic heterocycles. The van der Waals surface area contributed by atoms with E-state index in [9.17, 15) is 14.7 Å². The van der Waals surface area contributed by atoms with Crippen molar-refractivity contribution in [1.82, 2.24) is 25.2 Å². The second-order valence-corrected chi connectivity index (χ2v) is 7.39. The molecule has 0 bridgehead atoms. The van der Waals surface area contributed by atoms with Gasteiger partial charge in [0.15, 0.2) is 5.76 Å². The van der Waals surface area contributed by atoms with Gasteiger partial charge in [-0.2, -0.15) is 0 Å². The van der Waals surface area contributed by atoms with Gasteiger partial charge in [-0.3, -0.25) is 14.7 Å². The summed E-state index contributed by atoms with van der Waals surface area (Å²) in [7, 11) is 0. The molecule has 3 heterocycles. The van der Waals surface area contributed by atoms with E-state index in [2.05, 4.69) is 20.3 Å². The molecule has 0 radical (unpaired) electrons. The number of nitrogen functional groups attached to an aromatic ring is 1. The van der Waals surface area contributed by atoms with Crippen molar-refractivity contribution in [3.05, 3.63) is 95.6 Å². The van der Waals surface area contributed by atoms with Crippen LogP contribution in [0.25, 0.3) is 11.5 Å². The predicted molar refractivity (Wildman–Crippen MR) is 123 cm³/mol. The Balaban J connectivity index is 1.47. The van der Waals surface area contributed by atoms with Crippen molar-refractivity contribution in [2.45, 2.75) is 19.6 Å². The van der Waals surface area contributed by atoms with Crippen LogP contribution in [0, 0.1) is 0 Å². The second-order valence-electron chi connectivity index (χ2n) is 7.39. The maximum Gasteiger partial charge on any atom is 0.407 e. The molecule has 4 aromatic rings. The Kier molecular flexibility index (Phi) is 6.78. The van der Waals surface area contributed by atoms with Gasteiger partial charge in [0.1, 0.15) is 11.4 Å². The van der Waals surface area contributed by atoms with Gasteiger partial charge in [-0.1, -0.05) is 30.3 Å². The molecule has 0 aliphatic carbocycles. The van der Waals surface area contributed by atoms with Gasteiger partial charge < -0.3 is 20.6 Å². The SMILES string of the molecule is Nc1nc(C(=O)NCc2ccccc2CN(Cc2ccccn2)C(=O)O)cc(-c2ccco2)n1. The number of carboxylic acid groups (broad SMARTS) is 1. The Labute approximate surface area is 195 Å². The predicted octanol–water partition coefficient (Wildman–Crippen LogP) is 3.32. The van der Waals surface area contributed by atoms with Crippen LogP contribution in [0.15, 0.2) is 77.5 Å². The number of rotatable bonds is 8. The van der Waals surface area contributed by atoms with E-state index in [1.807, 2.05) is 30.3 Å². The normalized spacial score (nSPS) is 10.6. The first-order valence-electron chi connectivity index (χ1n) is 10.4. The lowest BCUT2D eigenvalue weighted by Gasteiger charge is -2.21. The molecule has 10 heteroatoms. The van der Waals surface area contributed by atoms with Crippen molar-refractivity contribution in [1.29, 1.82) is 0 Å². The molecule has 2 amide bonds. The summed E-state index contributed by atoms with van der Waals surface area (Å²) in [5, 5.41) is 12.5. The molecule has 0 fully saturated rings. The van der Waals surface area contributed by atoms with E-state index in [1.54, 1.807) is 30.5 Å². The average Bonchev–Trinajstić information content (AvgIpc) is 3.38. The third kappa shape index (κ3) is 5.54. The van der Waals surface area contributed by atoms with Gasteiger partial charge in [0.05, 0.1) is 18.5 Å². The summed E-state index contributed by atoms with van der Waals surface area (Å²) in [4.78, 5) is 38.2. The first-order valence-corrected chi connectivity index (χ1v) is 10.4. The number of benzene rings is 1. The molecule has 0 saturated heterocycles. The van der Waals surface area contributed by atoms with Gasteiger partial charge in [0.25, 0.3) is 5.91 Å². The van der Waals surface area contributed by atoms with E-state index in [4.69, 9.17) is 10.2 Å². The van der Waals surface area contributed by atoms with Crippen LogP contribution in [-0.4, -0.2) is 37.0 Å². The molecule has 0 atom stereocenters. The Hall–Kier alpha value is -4.73. The Morgan fingerprint density at radius 2 is 1.79 bits per heavy atom. The molecule has 34 heavy (non-hydrogen) atoms. The molecular weight excluding hydrogens is 436 g/mol. The van der Waals surface area contributed by atoms with Crippen molar-refractivity contribution in [3.63, 3.8) is 0 Å². The summed E-state index contributed by atoms with van der Waals surface area (Å²) in [5.74, 6) is -0.0264. The summed E-state index contributed by atoms with van der Waals surface area (Å²) in [5.41, 5.74) is 8.45. The van der Waals surface area contributed by atoms with Gasteiger partial charge in [-0.05, 0) is 41.5 Å². The molecule has 172 valence electrons. The van der Waals surface area contributed by atoms with Crippen LogP contribution in [0.1, 0.15) is 27.3 Å². The number of hydrogen-bond donors (Lipinski definition) is 3.